The Bertz CT molecular complexity index is 1890. The minimum Gasteiger partial charge on any atom is -0.394 e. The van der Waals surface area contributed by atoms with Crippen LogP contribution in [0, 0.1) is 0 Å². The minimum atomic E-state index is -1.58. The van der Waals surface area contributed by atoms with Gasteiger partial charge in [0.15, 0.2) is 6.29 Å². The van der Waals surface area contributed by atoms with Gasteiger partial charge in [-0.15, -0.1) is 0 Å². The summed E-state index contributed by atoms with van der Waals surface area (Å²) in [6, 6.07) is -0.836. The Morgan fingerprint density at radius 3 is 1.03 bits per heavy atom. The van der Waals surface area contributed by atoms with Crippen LogP contribution in [0.25, 0.3) is 0 Å². The van der Waals surface area contributed by atoms with Crippen molar-refractivity contribution in [3.63, 3.8) is 0 Å². The van der Waals surface area contributed by atoms with Crippen molar-refractivity contribution >= 4 is 5.91 Å². The van der Waals surface area contributed by atoms with Gasteiger partial charge in [0.25, 0.3) is 0 Å². The van der Waals surface area contributed by atoms with Crippen LogP contribution in [0.1, 0.15) is 348 Å². The molecule has 0 saturated carbocycles. The summed E-state index contributed by atoms with van der Waals surface area (Å²) in [6.45, 7) is 3.68. The lowest BCUT2D eigenvalue weighted by molar-refractivity contribution is -0.302. The Kier molecular flexibility index (Phi) is 67.2. The van der Waals surface area contributed by atoms with Crippen LogP contribution in [0.3, 0.4) is 0 Å². The Morgan fingerprint density at radius 2 is 0.677 bits per heavy atom. The molecule has 0 bridgehead atoms. The van der Waals surface area contributed by atoms with Crippen LogP contribution in [0.5, 0.6) is 0 Å². The molecule has 0 aromatic rings. The fourth-order valence-electron chi connectivity index (χ4n) is 11.9. The molecule has 1 saturated heterocycles. The van der Waals surface area contributed by atoms with Crippen LogP contribution >= 0.6 is 0 Å². The maximum Gasteiger partial charge on any atom is 0.220 e. The molecule has 1 fully saturated rings. The highest BCUT2D eigenvalue weighted by Gasteiger charge is 2.44. The van der Waals surface area contributed by atoms with Crippen LogP contribution in [-0.2, 0) is 14.3 Å². The summed E-state index contributed by atoms with van der Waals surface area (Å²) in [7, 11) is 0. The maximum absolute atomic E-state index is 13.2. The van der Waals surface area contributed by atoms with Gasteiger partial charge in [0.2, 0.25) is 5.91 Å². The first-order valence-electron chi connectivity index (χ1n) is 39.3. The standard InChI is InChI=1S/C84H147NO8/c1-3-5-7-9-11-13-15-17-19-21-23-25-27-29-31-33-35-36-37-38-39-40-41-42-44-46-48-50-52-54-56-58-60-62-64-66-68-70-72-74-80(88)85-77(76-92-84-83(91)82(90)81(89)79(75-86)93-84)78(87)73-71-69-67-65-63-61-59-57-55-53-51-49-47-45-43-34-32-30-28-26-24-22-20-18-16-14-12-10-8-6-4-2/h5,7,11,13,17,19,23,25,29,31,35-36,38-39,55,57,63,65,71,73,77-79,81-84,86-87,89-91H,3-4,6,8-10,12,14-16,18,20-22,24,26-28,30,32-34,37,40-54,56,58-62,64,66-70,72,74-76H2,1-2H3,(H,85,88)/b7-5-,13-11-,19-17-,25-23-,31-29-,36-35-,39-38-,57-55+,65-63+,73-71+. The second kappa shape index (κ2) is 71.4. The number of ether oxygens (including phenoxy) is 2. The molecule has 0 spiro atoms. The molecular formula is C84H147NO8. The van der Waals surface area contributed by atoms with Crippen molar-refractivity contribution in [1.29, 1.82) is 0 Å². The monoisotopic (exact) mass is 1300 g/mol. The SMILES string of the molecule is CC/C=C\C/C=C\C/C=C\C/C=C\C/C=C\C/C=C\C/C=C\CCCCCCCCCCCCCCCCCCCC(=O)NC(COC1OC(CO)C(O)C(O)C1O)C(O)/C=C/CC/C=C/CC/C=C/CCCCCCCCCCCCCCCCCCCCCCC. The summed E-state index contributed by atoms with van der Waals surface area (Å²) in [5, 5.41) is 54.9. The second-order valence-electron chi connectivity index (χ2n) is 26.8. The van der Waals surface area contributed by atoms with Crippen LogP contribution in [0.2, 0.25) is 0 Å². The van der Waals surface area contributed by atoms with Gasteiger partial charge >= 0.3 is 0 Å². The van der Waals surface area contributed by atoms with E-state index >= 15 is 0 Å². The number of aliphatic hydroxyl groups is 5. The third-order valence-electron chi connectivity index (χ3n) is 18.0. The molecule has 1 aliphatic heterocycles. The van der Waals surface area contributed by atoms with Crippen molar-refractivity contribution in [2.24, 2.45) is 0 Å². The number of carbonyl (C=O) groups excluding carboxylic acids is 1. The molecule has 9 heteroatoms. The zero-order valence-corrected chi connectivity index (χ0v) is 60.2. The molecule has 1 heterocycles. The second-order valence-corrected chi connectivity index (χ2v) is 26.8. The van der Waals surface area contributed by atoms with E-state index in [1.165, 1.54) is 238 Å². The predicted molar refractivity (Wildman–Crippen MR) is 400 cm³/mol. The van der Waals surface area contributed by atoms with Crippen molar-refractivity contribution in [1.82, 2.24) is 5.32 Å². The quantitative estimate of drug-likeness (QED) is 0.0261. The van der Waals surface area contributed by atoms with Gasteiger partial charge in [-0.3, -0.25) is 4.79 Å². The van der Waals surface area contributed by atoms with Gasteiger partial charge in [-0.2, -0.15) is 0 Å². The van der Waals surface area contributed by atoms with Gasteiger partial charge < -0.3 is 40.3 Å². The molecule has 1 aliphatic rings. The number of hydrogen-bond acceptors (Lipinski definition) is 8. The number of hydrogen-bond donors (Lipinski definition) is 6. The summed E-state index contributed by atoms with van der Waals surface area (Å²) >= 11 is 0. The van der Waals surface area contributed by atoms with E-state index in [1.807, 2.05) is 6.08 Å². The molecule has 0 aromatic heterocycles. The molecule has 9 nitrogen and oxygen atoms in total. The summed E-state index contributed by atoms with van der Waals surface area (Å²) in [6.07, 6.45) is 101. The van der Waals surface area contributed by atoms with E-state index in [-0.39, 0.29) is 12.5 Å². The fraction of sp³-hybridized carbons (Fsp3) is 0.750. The van der Waals surface area contributed by atoms with Crippen molar-refractivity contribution in [2.45, 2.75) is 391 Å². The summed E-state index contributed by atoms with van der Waals surface area (Å²) in [4.78, 5) is 13.2. The van der Waals surface area contributed by atoms with Crippen LogP contribution in [0.4, 0.5) is 0 Å². The summed E-state index contributed by atoms with van der Waals surface area (Å²) < 4.78 is 11.3. The molecule has 6 N–H and O–H groups in total. The average Bonchev–Trinajstić information content (AvgIpc) is 1.02. The number of allylic oxidation sites excluding steroid dienone is 19. The molecule has 1 rings (SSSR count). The number of aliphatic hydroxyl groups excluding tert-OH is 5. The topological polar surface area (TPSA) is 149 Å². The molecule has 0 radical (unpaired) electrons. The number of rotatable bonds is 68. The van der Waals surface area contributed by atoms with E-state index in [0.29, 0.717) is 6.42 Å². The number of nitrogens with one attached hydrogen (secondary N) is 1. The smallest absolute Gasteiger partial charge is 0.220 e. The molecule has 7 atom stereocenters. The summed E-state index contributed by atoms with van der Waals surface area (Å²) in [5.74, 6) is -0.190. The van der Waals surface area contributed by atoms with Gasteiger partial charge in [-0.25, -0.2) is 0 Å². The zero-order valence-electron chi connectivity index (χ0n) is 60.2. The molecule has 536 valence electrons. The van der Waals surface area contributed by atoms with Crippen molar-refractivity contribution in [3.8, 4) is 0 Å². The number of unbranched alkanes of at least 4 members (excludes halogenated alkanes) is 40. The van der Waals surface area contributed by atoms with Gasteiger partial charge in [0.05, 0.1) is 25.4 Å². The van der Waals surface area contributed by atoms with Crippen LogP contribution < -0.4 is 5.32 Å². The average molecular weight is 1300 g/mol. The van der Waals surface area contributed by atoms with E-state index in [9.17, 15) is 30.3 Å². The first-order chi connectivity index (χ1) is 45.8. The van der Waals surface area contributed by atoms with Crippen LogP contribution in [0.15, 0.2) is 122 Å². The highest BCUT2D eigenvalue weighted by Crippen LogP contribution is 2.23. The minimum absolute atomic E-state index is 0.190. The highest BCUT2D eigenvalue weighted by atomic mass is 16.7. The molecular weight excluding hydrogens is 1150 g/mol. The van der Waals surface area contributed by atoms with Crippen molar-refractivity contribution in [2.75, 3.05) is 13.2 Å². The Hall–Kier alpha value is -3.41. The zero-order chi connectivity index (χ0) is 67.1. The largest absolute Gasteiger partial charge is 0.394 e. The van der Waals surface area contributed by atoms with E-state index in [2.05, 4.69) is 129 Å². The lowest BCUT2D eigenvalue weighted by Crippen LogP contribution is -2.60. The lowest BCUT2D eigenvalue weighted by Gasteiger charge is -2.40. The predicted octanol–water partition coefficient (Wildman–Crippen LogP) is 22.5. The first-order valence-corrected chi connectivity index (χ1v) is 39.3. The highest BCUT2D eigenvalue weighted by molar-refractivity contribution is 5.76. The van der Waals surface area contributed by atoms with Gasteiger partial charge in [0, 0.05) is 6.42 Å². The molecule has 1 amide bonds. The lowest BCUT2D eigenvalue weighted by atomic mass is 9.99. The van der Waals surface area contributed by atoms with E-state index in [4.69, 9.17) is 9.47 Å². The van der Waals surface area contributed by atoms with Gasteiger partial charge in [0.1, 0.15) is 24.4 Å². The van der Waals surface area contributed by atoms with Gasteiger partial charge in [-0.05, 0) is 103 Å². The molecule has 0 aromatic carbocycles. The van der Waals surface area contributed by atoms with Crippen LogP contribution in [-0.4, -0.2) is 87.5 Å². The number of carbonyl (C=O) groups is 1. The van der Waals surface area contributed by atoms with Crippen molar-refractivity contribution < 1.29 is 39.8 Å². The Labute approximate surface area is 573 Å². The Balaban J connectivity index is 2.12. The molecule has 0 aliphatic carbocycles. The van der Waals surface area contributed by atoms with E-state index in [0.717, 1.165) is 89.9 Å². The molecule has 93 heavy (non-hydrogen) atoms. The normalized spacial score (nSPS) is 18.3. The van der Waals surface area contributed by atoms with E-state index in [1.54, 1.807) is 6.08 Å². The fourth-order valence-corrected chi connectivity index (χ4v) is 11.9. The molecule has 7 unspecified atom stereocenters. The maximum atomic E-state index is 13.2. The van der Waals surface area contributed by atoms with E-state index < -0.39 is 49.5 Å². The Morgan fingerprint density at radius 1 is 0.376 bits per heavy atom. The summed E-state index contributed by atoms with van der Waals surface area (Å²) in [5.41, 5.74) is 0. The van der Waals surface area contributed by atoms with Crippen molar-refractivity contribution in [3.05, 3.63) is 122 Å². The third-order valence-corrected chi connectivity index (χ3v) is 18.0. The first kappa shape index (κ1) is 87.6. The van der Waals surface area contributed by atoms with Gasteiger partial charge in [-0.1, -0.05) is 360 Å². The number of amides is 1. The third kappa shape index (κ3) is 59.6.